The van der Waals surface area contributed by atoms with Crippen LogP contribution in [-0.4, -0.2) is 18.4 Å². The smallest absolute Gasteiger partial charge is 0.306 e. The summed E-state index contributed by atoms with van der Waals surface area (Å²) in [6.07, 6.45) is 1.35. The van der Waals surface area contributed by atoms with Gasteiger partial charge in [-0.15, -0.1) is 0 Å². The van der Waals surface area contributed by atoms with Crippen LogP contribution in [0.1, 0.15) is 26.2 Å². The monoisotopic (exact) mass is 157 g/mol. The van der Waals surface area contributed by atoms with Gasteiger partial charge in [-0.1, -0.05) is 6.92 Å². The average Bonchev–Trinajstić information content (AvgIpc) is 2.01. The van der Waals surface area contributed by atoms with E-state index in [9.17, 15) is 9.59 Å². The SMILES string of the molecule is [CH2]CC(=O)OCC(=O)CCC. The van der Waals surface area contributed by atoms with E-state index in [0.717, 1.165) is 6.42 Å². The Bertz CT molecular complexity index is 140. The van der Waals surface area contributed by atoms with Crippen LogP contribution in [0, 0.1) is 6.92 Å². The highest BCUT2D eigenvalue weighted by Crippen LogP contribution is 1.91. The zero-order valence-corrected chi connectivity index (χ0v) is 6.76. The summed E-state index contributed by atoms with van der Waals surface area (Å²) in [5.74, 6) is -0.455. The Kier molecular flexibility index (Phi) is 5.43. The lowest BCUT2D eigenvalue weighted by Gasteiger charge is -2.00. The van der Waals surface area contributed by atoms with Crippen molar-refractivity contribution in [3.05, 3.63) is 6.92 Å². The van der Waals surface area contributed by atoms with Crippen LogP contribution in [0.15, 0.2) is 0 Å². The predicted octanol–water partition coefficient (Wildman–Crippen LogP) is 1.12. The first-order chi connectivity index (χ1) is 5.20. The first kappa shape index (κ1) is 10.1. The van der Waals surface area contributed by atoms with Crippen LogP contribution >= 0.6 is 0 Å². The van der Waals surface area contributed by atoms with Gasteiger partial charge in [0.15, 0.2) is 5.78 Å². The zero-order chi connectivity index (χ0) is 8.69. The van der Waals surface area contributed by atoms with E-state index in [0.29, 0.717) is 6.42 Å². The molecule has 0 heterocycles. The average molecular weight is 157 g/mol. The van der Waals surface area contributed by atoms with Crippen molar-refractivity contribution in [3.63, 3.8) is 0 Å². The number of esters is 1. The molecule has 0 fully saturated rings. The quantitative estimate of drug-likeness (QED) is 0.562. The molecule has 0 spiro atoms. The molecule has 0 N–H and O–H groups in total. The van der Waals surface area contributed by atoms with Crippen LogP contribution in [0.4, 0.5) is 0 Å². The van der Waals surface area contributed by atoms with Gasteiger partial charge >= 0.3 is 5.97 Å². The molecule has 1 radical (unpaired) electrons. The van der Waals surface area contributed by atoms with E-state index in [2.05, 4.69) is 11.7 Å². The maximum atomic E-state index is 10.8. The van der Waals surface area contributed by atoms with E-state index in [1.54, 1.807) is 0 Å². The Balaban J connectivity index is 3.38. The minimum atomic E-state index is -0.422. The maximum absolute atomic E-state index is 10.8. The summed E-state index contributed by atoms with van der Waals surface area (Å²) in [5, 5.41) is 0. The highest BCUT2D eigenvalue weighted by Gasteiger charge is 2.03. The van der Waals surface area contributed by atoms with Crippen LogP contribution in [0.5, 0.6) is 0 Å². The molecule has 0 aliphatic carbocycles. The molecular formula is C8H13O3. The van der Waals surface area contributed by atoms with Gasteiger partial charge in [0.2, 0.25) is 0 Å². The molecule has 0 aromatic carbocycles. The summed E-state index contributed by atoms with van der Waals surface area (Å²) in [6, 6.07) is 0. The second-order valence-corrected chi connectivity index (χ2v) is 2.20. The summed E-state index contributed by atoms with van der Waals surface area (Å²) in [5.41, 5.74) is 0. The number of hydrogen-bond acceptors (Lipinski definition) is 3. The van der Waals surface area contributed by atoms with Crippen LogP contribution < -0.4 is 0 Å². The maximum Gasteiger partial charge on any atom is 0.306 e. The molecule has 3 heteroatoms. The fourth-order valence-corrected chi connectivity index (χ4v) is 0.584. The third-order valence-electron chi connectivity index (χ3n) is 1.13. The van der Waals surface area contributed by atoms with Gasteiger partial charge in [-0.3, -0.25) is 9.59 Å². The molecule has 0 aliphatic heterocycles. The van der Waals surface area contributed by atoms with Gasteiger partial charge < -0.3 is 4.74 Å². The van der Waals surface area contributed by atoms with Gasteiger partial charge in [-0.2, -0.15) is 0 Å². The summed E-state index contributed by atoms with van der Waals surface area (Å²) in [4.78, 5) is 21.2. The summed E-state index contributed by atoms with van der Waals surface area (Å²) in [6.45, 7) is 5.13. The third-order valence-corrected chi connectivity index (χ3v) is 1.13. The van der Waals surface area contributed by atoms with Crippen molar-refractivity contribution in [1.29, 1.82) is 0 Å². The van der Waals surface area contributed by atoms with Gasteiger partial charge in [0.25, 0.3) is 0 Å². The molecule has 0 aliphatic rings. The molecule has 0 unspecified atom stereocenters. The van der Waals surface area contributed by atoms with Crippen molar-refractivity contribution in [3.8, 4) is 0 Å². The van der Waals surface area contributed by atoms with E-state index in [1.165, 1.54) is 0 Å². The molecule has 0 amide bonds. The molecule has 0 bridgehead atoms. The van der Waals surface area contributed by atoms with E-state index in [-0.39, 0.29) is 18.8 Å². The number of Topliss-reactive ketones (excluding diaryl/α,β-unsaturated/α-hetero) is 1. The molecule has 0 atom stereocenters. The molecule has 3 nitrogen and oxygen atoms in total. The molecule has 0 aromatic rings. The van der Waals surface area contributed by atoms with E-state index >= 15 is 0 Å². The zero-order valence-electron chi connectivity index (χ0n) is 6.76. The summed E-state index contributed by atoms with van der Waals surface area (Å²) < 4.78 is 4.55. The largest absolute Gasteiger partial charge is 0.458 e. The van der Waals surface area contributed by atoms with Gasteiger partial charge in [-0.05, 0) is 13.3 Å². The Morgan fingerprint density at radius 3 is 2.55 bits per heavy atom. The standard InChI is InChI=1S/C8H13O3/c1-3-5-7(9)6-11-8(10)4-2/h2-6H2,1H3. The van der Waals surface area contributed by atoms with Gasteiger partial charge in [0.1, 0.15) is 6.61 Å². The topological polar surface area (TPSA) is 43.4 Å². The van der Waals surface area contributed by atoms with Crippen LogP contribution in [0.3, 0.4) is 0 Å². The van der Waals surface area contributed by atoms with Crippen LogP contribution in [-0.2, 0) is 14.3 Å². The number of rotatable bonds is 5. The van der Waals surface area contributed by atoms with Crippen LogP contribution in [0.25, 0.3) is 0 Å². The highest BCUT2D eigenvalue weighted by molar-refractivity contribution is 5.82. The third kappa shape index (κ3) is 5.58. The van der Waals surface area contributed by atoms with Gasteiger partial charge in [0.05, 0.1) is 0 Å². The fraction of sp³-hybridized carbons (Fsp3) is 0.625. The lowest BCUT2D eigenvalue weighted by Crippen LogP contribution is -2.12. The second kappa shape index (κ2) is 5.89. The van der Waals surface area contributed by atoms with E-state index < -0.39 is 5.97 Å². The van der Waals surface area contributed by atoms with Gasteiger partial charge in [0, 0.05) is 12.8 Å². The number of carbonyl (C=O) groups excluding carboxylic acids is 2. The number of ether oxygens (including phenoxy) is 1. The number of ketones is 1. The normalized spacial score (nSPS) is 9.27. The minimum absolute atomic E-state index is 0.0331. The van der Waals surface area contributed by atoms with E-state index in [4.69, 9.17) is 0 Å². The van der Waals surface area contributed by atoms with Gasteiger partial charge in [-0.25, -0.2) is 0 Å². The summed E-state index contributed by atoms with van der Waals surface area (Å²) >= 11 is 0. The Morgan fingerprint density at radius 2 is 2.09 bits per heavy atom. The fourth-order valence-electron chi connectivity index (χ4n) is 0.584. The molecule has 0 saturated heterocycles. The Labute approximate surface area is 66.7 Å². The summed E-state index contributed by atoms with van der Waals surface area (Å²) in [7, 11) is 0. The molecule has 0 rings (SSSR count). The number of carbonyl (C=O) groups is 2. The molecule has 0 aromatic heterocycles. The van der Waals surface area contributed by atoms with Crippen molar-refractivity contribution in [1.82, 2.24) is 0 Å². The lowest BCUT2D eigenvalue weighted by atomic mass is 10.2. The number of hydrogen-bond donors (Lipinski definition) is 0. The van der Waals surface area contributed by atoms with Crippen LogP contribution in [0.2, 0.25) is 0 Å². The molecule has 0 saturated carbocycles. The molecule has 63 valence electrons. The van der Waals surface area contributed by atoms with Crippen molar-refractivity contribution in [2.45, 2.75) is 26.2 Å². The first-order valence-corrected chi connectivity index (χ1v) is 3.67. The Hall–Kier alpha value is -0.860. The van der Waals surface area contributed by atoms with Crippen molar-refractivity contribution in [2.24, 2.45) is 0 Å². The first-order valence-electron chi connectivity index (χ1n) is 3.67. The van der Waals surface area contributed by atoms with E-state index in [1.807, 2.05) is 6.92 Å². The molecular weight excluding hydrogens is 144 g/mol. The Morgan fingerprint density at radius 1 is 1.45 bits per heavy atom. The predicted molar refractivity (Wildman–Crippen MR) is 40.8 cm³/mol. The lowest BCUT2D eigenvalue weighted by molar-refractivity contribution is -0.147. The second-order valence-electron chi connectivity index (χ2n) is 2.20. The molecule has 11 heavy (non-hydrogen) atoms. The van der Waals surface area contributed by atoms with Crippen molar-refractivity contribution in [2.75, 3.05) is 6.61 Å². The van der Waals surface area contributed by atoms with Crippen molar-refractivity contribution >= 4 is 11.8 Å². The highest BCUT2D eigenvalue weighted by atomic mass is 16.5. The van der Waals surface area contributed by atoms with Crippen molar-refractivity contribution < 1.29 is 14.3 Å². The minimum Gasteiger partial charge on any atom is -0.458 e.